The Morgan fingerprint density at radius 1 is 1.00 bits per heavy atom. The number of hydrogen-bond donors (Lipinski definition) is 1. The molecule has 1 fully saturated rings. The number of para-hydroxylation sites is 1. The van der Waals surface area contributed by atoms with Crippen LogP contribution in [0.5, 0.6) is 5.75 Å². The Morgan fingerprint density at radius 2 is 1.73 bits per heavy atom. The van der Waals surface area contributed by atoms with Gasteiger partial charge in [0, 0.05) is 25.2 Å². The first kappa shape index (κ1) is 21.9. The number of methoxy groups -OCH3 is 1. The van der Waals surface area contributed by atoms with Crippen LogP contribution in [0.25, 0.3) is 11.1 Å². The van der Waals surface area contributed by atoms with Gasteiger partial charge in [0.2, 0.25) is 10.0 Å². The minimum atomic E-state index is -3.81. The van der Waals surface area contributed by atoms with Gasteiger partial charge in [0.25, 0.3) is 0 Å². The van der Waals surface area contributed by atoms with E-state index in [2.05, 4.69) is 29.2 Å². The van der Waals surface area contributed by atoms with Crippen LogP contribution in [0, 0.1) is 5.92 Å². The molecular formula is C26H28N2O4S. The average Bonchev–Trinajstić information content (AvgIpc) is 3.30. The second-order valence-electron chi connectivity index (χ2n) is 8.66. The maximum atomic E-state index is 13.9. The molecule has 0 bridgehead atoms. The summed E-state index contributed by atoms with van der Waals surface area (Å²) < 4.78 is 34.7. The van der Waals surface area contributed by atoms with Crippen LogP contribution >= 0.6 is 0 Å². The summed E-state index contributed by atoms with van der Waals surface area (Å²) >= 11 is 0. The summed E-state index contributed by atoms with van der Waals surface area (Å²) in [6.07, 6.45) is 0.684. The lowest BCUT2D eigenvalue weighted by molar-refractivity contribution is 0.193. The number of aliphatic hydroxyl groups is 1. The fourth-order valence-electron chi connectivity index (χ4n) is 5.45. The van der Waals surface area contributed by atoms with Crippen LogP contribution in [-0.2, 0) is 10.0 Å². The standard InChI is InChI=1S/C26H28N2O4S/c1-27-22-13-12-19(18-8-4-3-5-9-18)16-21(22)26-20(23(27)17-29)14-15-28(26)33(30,31)25-11-7-6-10-24(25)32-2/h3-13,16,20,23,26,29H,14-15,17H2,1-2H3/t20-,23-,26-/m0/s1. The van der Waals surface area contributed by atoms with Crippen LogP contribution in [0.2, 0.25) is 0 Å². The number of benzene rings is 3. The molecule has 7 heteroatoms. The lowest BCUT2D eigenvalue weighted by Gasteiger charge is -2.44. The molecule has 2 heterocycles. The highest BCUT2D eigenvalue weighted by molar-refractivity contribution is 7.89. The van der Waals surface area contributed by atoms with Gasteiger partial charge in [-0.15, -0.1) is 0 Å². The molecule has 0 radical (unpaired) electrons. The highest BCUT2D eigenvalue weighted by Crippen LogP contribution is 2.51. The monoisotopic (exact) mass is 464 g/mol. The van der Waals surface area contributed by atoms with Crippen molar-refractivity contribution in [3.05, 3.63) is 78.4 Å². The van der Waals surface area contributed by atoms with E-state index in [-0.39, 0.29) is 29.5 Å². The van der Waals surface area contributed by atoms with Crippen molar-refractivity contribution in [3.8, 4) is 16.9 Å². The molecule has 1 saturated heterocycles. The van der Waals surface area contributed by atoms with Crippen molar-refractivity contribution < 1.29 is 18.3 Å². The van der Waals surface area contributed by atoms with Crippen molar-refractivity contribution in [1.82, 2.24) is 4.31 Å². The molecule has 0 spiro atoms. The van der Waals surface area contributed by atoms with Crippen LogP contribution in [0.15, 0.2) is 77.7 Å². The first-order valence-electron chi connectivity index (χ1n) is 11.1. The van der Waals surface area contributed by atoms with E-state index >= 15 is 0 Å². The summed E-state index contributed by atoms with van der Waals surface area (Å²) in [4.78, 5) is 2.28. The summed E-state index contributed by atoms with van der Waals surface area (Å²) in [5, 5.41) is 10.2. The second-order valence-corrected chi connectivity index (χ2v) is 10.5. The van der Waals surface area contributed by atoms with Crippen LogP contribution < -0.4 is 9.64 Å². The molecule has 172 valence electrons. The second kappa shape index (κ2) is 8.48. The zero-order valence-corrected chi connectivity index (χ0v) is 19.6. The molecule has 0 saturated carbocycles. The highest BCUT2D eigenvalue weighted by Gasteiger charge is 2.50. The number of aliphatic hydroxyl groups excluding tert-OH is 1. The van der Waals surface area contributed by atoms with Gasteiger partial charge in [0.15, 0.2) is 0 Å². The van der Waals surface area contributed by atoms with E-state index in [1.165, 1.54) is 7.11 Å². The number of sulfonamides is 1. The van der Waals surface area contributed by atoms with Crippen LogP contribution in [0.4, 0.5) is 5.69 Å². The predicted molar refractivity (Wildman–Crippen MR) is 129 cm³/mol. The number of nitrogens with zero attached hydrogens (tertiary/aromatic N) is 2. The lowest BCUT2D eigenvalue weighted by atomic mass is 9.81. The van der Waals surface area contributed by atoms with E-state index < -0.39 is 10.0 Å². The zero-order chi connectivity index (χ0) is 23.2. The van der Waals surface area contributed by atoms with Gasteiger partial charge in [0.05, 0.1) is 25.8 Å². The van der Waals surface area contributed by atoms with Gasteiger partial charge >= 0.3 is 0 Å². The van der Waals surface area contributed by atoms with Gasteiger partial charge in [0.1, 0.15) is 10.6 Å². The molecule has 2 aliphatic rings. The van der Waals surface area contributed by atoms with E-state index in [1.807, 2.05) is 31.3 Å². The minimum Gasteiger partial charge on any atom is -0.495 e. The molecule has 6 nitrogen and oxygen atoms in total. The third-order valence-electron chi connectivity index (χ3n) is 7.07. The normalized spacial score (nSPS) is 22.6. The number of rotatable bonds is 5. The fourth-order valence-corrected chi connectivity index (χ4v) is 7.27. The van der Waals surface area contributed by atoms with E-state index in [0.29, 0.717) is 18.7 Å². The molecule has 2 aliphatic heterocycles. The molecule has 0 unspecified atom stereocenters. The summed E-state index contributed by atoms with van der Waals surface area (Å²) in [6.45, 7) is 0.370. The van der Waals surface area contributed by atoms with Crippen molar-refractivity contribution in [2.75, 3.05) is 32.2 Å². The van der Waals surface area contributed by atoms with E-state index in [9.17, 15) is 13.5 Å². The highest BCUT2D eigenvalue weighted by atomic mass is 32.2. The Labute approximate surface area is 195 Å². The molecule has 0 amide bonds. The minimum absolute atomic E-state index is 0.0111. The van der Waals surface area contributed by atoms with Crippen LogP contribution in [0.3, 0.4) is 0 Å². The Kier molecular flexibility index (Phi) is 5.64. The molecule has 3 aromatic carbocycles. The van der Waals surface area contributed by atoms with Gasteiger partial charge in [-0.25, -0.2) is 8.42 Å². The number of hydrogen-bond acceptors (Lipinski definition) is 5. The number of likely N-dealkylation sites (N-methyl/N-ethyl adjacent to an activating group) is 1. The van der Waals surface area contributed by atoms with Gasteiger partial charge < -0.3 is 14.7 Å². The lowest BCUT2D eigenvalue weighted by Crippen LogP contribution is -2.48. The third-order valence-corrected chi connectivity index (χ3v) is 8.99. The van der Waals surface area contributed by atoms with Gasteiger partial charge in [-0.1, -0.05) is 48.5 Å². The molecule has 5 rings (SSSR count). The van der Waals surface area contributed by atoms with Crippen molar-refractivity contribution in [2.24, 2.45) is 5.92 Å². The molecule has 0 aliphatic carbocycles. The van der Waals surface area contributed by atoms with Crippen LogP contribution in [0.1, 0.15) is 18.0 Å². The first-order chi connectivity index (χ1) is 16.0. The van der Waals surface area contributed by atoms with Crippen LogP contribution in [-0.4, -0.2) is 51.2 Å². The number of anilines is 1. The Hall–Kier alpha value is -2.87. The van der Waals surface area contributed by atoms with Gasteiger partial charge in [-0.3, -0.25) is 0 Å². The maximum Gasteiger partial charge on any atom is 0.247 e. The maximum absolute atomic E-state index is 13.9. The Balaban J connectivity index is 1.66. The summed E-state index contributed by atoms with van der Waals surface area (Å²) in [7, 11) is -0.345. The van der Waals surface area contributed by atoms with E-state index in [1.54, 1.807) is 28.6 Å². The number of fused-ring (bicyclic) bond motifs is 3. The fraction of sp³-hybridized carbons (Fsp3) is 0.308. The first-order valence-corrected chi connectivity index (χ1v) is 12.6. The SMILES string of the molecule is COc1ccccc1S(=O)(=O)N1CC[C@@H]2[C@H]1c1cc(-c3ccccc3)ccc1N(C)[C@H]2CO. The molecule has 3 atom stereocenters. The molecule has 1 N–H and O–H groups in total. The largest absolute Gasteiger partial charge is 0.495 e. The van der Waals surface area contributed by atoms with Crippen molar-refractivity contribution in [3.63, 3.8) is 0 Å². The summed E-state index contributed by atoms with van der Waals surface area (Å²) in [6, 6.07) is 22.6. The van der Waals surface area contributed by atoms with E-state index in [0.717, 1.165) is 22.4 Å². The molecule has 33 heavy (non-hydrogen) atoms. The van der Waals surface area contributed by atoms with Gasteiger partial charge in [-0.05, 0) is 47.4 Å². The summed E-state index contributed by atoms with van der Waals surface area (Å²) in [5.74, 6) is 0.328. The van der Waals surface area contributed by atoms with Gasteiger partial charge in [-0.2, -0.15) is 4.31 Å². The molecule has 3 aromatic rings. The molecule has 0 aromatic heterocycles. The molecular weight excluding hydrogens is 436 g/mol. The Morgan fingerprint density at radius 3 is 2.45 bits per heavy atom. The quantitative estimate of drug-likeness (QED) is 0.620. The predicted octanol–water partition coefficient (Wildman–Crippen LogP) is 3.92. The zero-order valence-electron chi connectivity index (χ0n) is 18.8. The number of ether oxygens (including phenoxy) is 1. The average molecular weight is 465 g/mol. The smallest absolute Gasteiger partial charge is 0.247 e. The Bertz CT molecular complexity index is 1260. The van der Waals surface area contributed by atoms with Crippen molar-refractivity contribution >= 4 is 15.7 Å². The topological polar surface area (TPSA) is 70.1 Å². The third kappa shape index (κ3) is 3.51. The van der Waals surface area contributed by atoms with Crippen molar-refractivity contribution in [2.45, 2.75) is 23.4 Å². The summed E-state index contributed by atoms with van der Waals surface area (Å²) in [5.41, 5.74) is 4.06. The van der Waals surface area contributed by atoms with Crippen molar-refractivity contribution in [1.29, 1.82) is 0 Å². The van der Waals surface area contributed by atoms with E-state index in [4.69, 9.17) is 4.74 Å².